The molecule has 0 aliphatic heterocycles. The molecule has 0 amide bonds. The predicted octanol–water partition coefficient (Wildman–Crippen LogP) is 1.79. The topological polar surface area (TPSA) is 90.3 Å². The van der Waals surface area contributed by atoms with Gasteiger partial charge in [0.2, 0.25) is 0 Å². The molecule has 1 aromatic carbocycles. The van der Waals surface area contributed by atoms with E-state index in [0.29, 0.717) is 29.2 Å². The van der Waals surface area contributed by atoms with Crippen molar-refractivity contribution in [3.05, 3.63) is 47.3 Å². The van der Waals surface area contributed by atoms with Crippen molar-refractivity contribution >= 4 is 11.7 Å². The van der Waals surface area contributed by atoms with Crippen molar-refractivity contribution in [3.63, 3.8) is 0 Å². The highest BCUT2D eigenvalue weighted by Gasteiger charge is 2.14. The highest BCUT2D eigenvalue weighted by Crippen LogP contribution is 2.21. The molecule has 0 spiro atoms. The number of nitrogens with two attached hydrogens (primary N) is 1. The van der Waals surface area contributed by atoms with E-state index in [4.69, 9.17) is 20.5 Å². The number of anilines is 1. The van der Waals surface area contributed by atoms with Crippen LogP contribution >= 0.6 is 0 Å². The summed E-state index contributed by atoms with van der Waals surface area (Å²) in [4.78, 5) is 11.7. The molecule has 21 heavy (non-hydrogen) atoms. The molecule has 0 unspecified atom stereocenters. The number of nitrogens with zero attached hydrogens (tertiary/aromatic N) is 2. The van der Waals surface area contributed by atoms with Crippen LogP contribution in [0.15, 0.2) is 30.5 Å². The van der Waals surface area contributed by atoms with Gasteiger partial charge in [0.15, 0.2) is 0 Å². The Morgan fingerprint density at radius 3 is 2.76 bits per heavy atom. The second kappa shape index (κ2) is 6.01. The molecule has 0 atom stereocenters. The molecular formula is C15H15N3O3. The molecule has 108 valence electrons. The first-order chi connectivity index (χ1) is 10.1. The van der Waals surface area contributed by atoms with Gasteiger partial charge in [-0.15, -0.1) is 0 Å². The van der Waals surface area contributed by atoms with Crippen molar-refractivity contribution in [2.45, 2.75) is 6.54 Å². The molecule has 2 rings (SSSR count). The highest BCUT2D eigenvalue weighted by atomic mass is 16.5. The third-order valence-electron chi connectivity index (χ3n) is 3.05. The largest absolute Gasteiger partial charge is 0.495 e. The number of benzene rings is 1. The van der Waals surface area contributed by atoms with Crippen molar-refractivity contribution < 1.29 is 14.3 Å². The summed E-state index contributed by atoms with van der Waals surface area (Å²) in [7, 11) is 2.83. The minimum absolute atomic E-state index is 0.373. The number of rotatable bonds is 4. The van der Waals surface area contributed by atoms with Gasteiger partial charge in [0, 0.05) is 12.7 Å². The van der Waals surface area contributed by atoms with Gasteiger partial charge >= 0.3 is 5.97 Å². The van der Waals surface area contributed by atoms with E-state index in [1.54, 1.807) is 35.0 Å². The van der Waals surface area contributed by atoms with Crippen LogP contribution in [0.1, 0.15) is 21.6 Å². The molecule has 6 heteroatoms. The summed E-state index contributed by atoms with van der Waals surface area (Å²) in [6.07, 6.45) is 1.66. The summed E-state index contributed by atoms with van der Waals surface area (Å²) < 4.78 is 11.6. The number of nitrogen functional groups attached to an aromatic ring is 1. The minimum atomic E-state index is -0.452. The third-order valence-corrected chi connectivity index (χ3v) is 3.05. The van der Waals surface area contributed by atoms with Crippen LogP contribution in [0.2, 0.25) is 0 Å². The van der Waals surface area contributed by atoms with E-state index in [-0.39, 0.29) is 0 Å². The highest BCUT2D eigenvalue weighted by molar-refractivity contribution is 5.89. The molecule has 0 radical (unpaired) electrons. The van der Waals surface area contributed by atoms with Crippen molar-refractivity contribution in [3.8, 4) is 11.8 Å². The van der Waals surface area contributed by atoms with Gasteiger partial charge in [0.05, 0.1) is 25.5 Å². The number of nitriles is 1. The van der Waals surface area contributed by atoms with Crippen LogP contribution in [-0.2, 0) is 11.3 Å². The molecule has 0 saturated heterocycles. The summed E-state index contributed by atoms with van der Waals surface area (Å²) in [5, 5.41) is 8.97. The quantitative estimate of drug-likeness (QED) is 0.865. The van der Waals surface area contributed by atoms with Gasteiger partial charge in [-0.2, -0.15) is 5.26 Å². The summed E-state index contributed by atoms with van der Waals surface area (Å²) in [6, 6.07) is 8.86. The number of hydrogen-bond donors (Lipinski definition) is 1. The van der Waals surface area contributed by atoms with Crippen LogP contribution in [0, 0.1) is 11.3 Å². The normalized spacial score (nSPS) is 9.95. The van der Waals surface area contributed by atoms with Gasteiger partial charge in [-0.25, -0.2) is 4.79 Å². The Balaban J connectivity index is 2.35. The number of carbonyl (C=O) groups is 1. The average molecular weight is 285 g/mol. The standard InChI is InChI=1S/C15H15N3O3/c1-20-14-5-10(3-4-11(14)7-16)8-18-9-12(17)6-13(18)15(19)21-2/h3-6,9H,8,17H2,1-2H3. The SMILES string of the molecule is COC(=O)c1cc(N)cn1Cc1ccc(C#N)c(OC)c1. The van der Waals surface area contributed by atoms with Crippen molar-refractivity contribution in [1.29, 1.82) is 5.26 Å². The van der Waals surface area contributed by atoms with Crippen LogP contribution in [0.5, 0.6) is 5.75 Å². The Hall–Kier alpha value is -2.94. The zero-order valence-corrected chi connectivity index (χ0v) is 11.8. The smallest absolute Gasteiger partial charge is 0.354 e. The fourth-order valence-corrected chi connectivity index (χ4v) is 2.06. The van der Waals surface area contributed by atoms with Crippen molar-refractivity contribution in [2.24, 2.45) is 0 Å². The molecule has 2 N–H and O–H groups in total. The lowest BCUT2D eigenvalue weighted by atomic mass is 10.1. The number of hydrogen-bond acceptors (Lipinski definition) is 5. The maximum Gasteiger partial charge on any atom is 0.354 e. The van der Waals surface area contributed by atoms with Crippen LogP contribution in [-0.4, -0.2) is 24.8 Å². The van der Waals surface area contributed by atoms with Crippen molar-refractivity contribution in [2.75, 3.05) is 20.0 Å². The van der Waals surface area contributed by atoms with E-state index in [1.165, 1.54) is 14.2 Å². The number of aromatic nitrogens is 1. The predicted molar refractivity (Wildman–Crippen MR) is 77.0 cm³/mol. The lowest BCUT2D eigenvalue weighted by molar-refractivity contribution is 0.0589. The maximum atomic E-state index is 11.7. The lowest BCUT2D eigenvalue weighted by Gasteiger charge is -2.10. The van der Waals surface area contributed by atoms with Gasteiger partial charge in [0.25, 0.3) is 0 Å². The number of esters is 1. The fraction of sp³-hybridized carbons (Fsp3) is 0.200. The van der Waals surface area contributed by atoms with Crippen molar-refractivity contribution in [1.82, 2.24) is 4.57 Å². The van der Waals surface area contributed by atoms with E-state index in [9.17, 15) is 4.79 Å². The van der Waals surface area contributed by atoms with Gasteiger partial charge in [-0.3, -0.25) is 0 Å². The zero-order valence-electron chi connectivity index (χ0n) is 11.8. The average Bonchev–Trinajstić information content (AvgIpc) is 2.86. The van der Waals surface area contributed by atoms with E-state index >= 15 is 0 Å². The molecule has 1 heterocycles. The molecule has 2 aromatic rings. The van der Waals surface area contributed by atoms with E-state index in [2.05, 4.69) is 6.07 Å². The second-order valence-corrected chi connectivity index (χ2v) is 4.42. The molecule has 0 aliphatic rings. The first kappa shape index (κ1) is 14.5. The summed E-state index contributed by atoms with van der Waals surface area (Å²) in [6.45, 7) is 0.420. The van der Waals surface area contributed by atoms with Crippen LogP contribution in [0.4, 0.5) is 5.69 Å². The van der Waals surface area contributed by atoms with Gasteiger partial charge in [-0.05, 0) is 23.8 Å². The van der Waals surface area contributed by atoms with Gasteiger partial charge < -0.3 is 19.8 Å². The number of ether oxygens (including phenoxy) is 2. The first-order valence-corrected chi connectivity index (χ1v) is 6.20. The van der Waals surface area contributed by atoms with Crippen LogP contribution < -0.4 is 10.5 Å². The first-order valence-electron chi connectivity index (χ1n) is 6.20. The van der Waals surface area contributed by atoms with Crippen LogP contribution in [0.3, 0.4) is 0 Å². The second-order valence-electron chi connectivity index (χ2n) is 4.42. The van der Waals surface area contributed by atoms with Gasteiger partial charge in [-0.1, -0.05) is 6.07 Å². The Labute approximate surface area is 122 Å². The molecule has 0 bridgehead atoms. The zero-order chi connectivity index (χ0) is 15.4. The molecular weight excluding hydrogens is 270 g/mol. The molecule has 0 fully saturated rings. The molecule has 6 nitrogen and oxygen atoms in total. The summed E-state index contributed by atoms with van der Waals surface area (Å²) >= 11 is 0. The number of carbonyl (C=O) groups excluding carboxylic acids is 1. The molecule has 0 aliphatic carbocycles. The third kappa shape index (κ3) is 2.98. The number of methoxy groups -OCH3 is 2. The van der Waals surface area contributed by atoms with E-state index in [1.807, 2.05) is 0 Å². The Morgan fingerprint density at radius 2 is 2.14 bits per heavy atom. The van der Waals surface area contributed by atoms with E-state index in [0.717, 1.165) is 5.56 Å². The molecule has 1 aromatic heterocycles. The fourth-order valence-electron chi connectivity index (χ4n) is 2.06. The summed E-state index contributed by atoms with van der Waals surface area (Å²) in [5.41, 5.74) is 7.93. The monoisotopic (exact) mass is 285 g/mol. The summed E-state index contributed by atoms with van der Waals surface area (Å²) in [5.74, 6) is 0.0436. The Kier molecular flexibility index (Phi) is 4.14. The molecule has 0 saturated carbocycles. The van der Waals surface area contributed by atoms with E-state index < -0.39 is 5.97 Å². The lowest BCUT2D eigenvalue weighted by Crippen LogP contribution is -2.10. The van der Waals surface area contributed by atoms with Gasteiger partial charge in [0.1, 0.15) is 17.5 Å². The minimum Gasteiger partial charge on any atom is -0.495 e. The van der Waals surface area contributed by atoms with Crippen LogP contribution in [0.25, 0.3) is 0 Å². The Bertz CT molecular complexity index is 713. The Morgan fingerprint density at radius 1 is 1.38 bits per heavy atom. The maximum absolute atomic E-state index is 11.7.